The van der Waals surface area contributed by atoms with E-state index < -0.39 is 0 Å². The predicted octanol–water partition coefficient (Wildman–Crippen LogP) is 0.563. The van der Waals surface area contributed by atoms with Crippen molar-refractivity contribution < 1.29 is 9.47 Å². The normalized spacial score (nSPS) is 52.9. The molecule has 0 saturated carbocycles. The first-order chi connectivity index (χ1) is 3.86. The lowest BCUT2D eigenvalue weighted by atomic mass is 10.1. The fourth-order valence-electron chi connectivity index (χ4n) is 1.19. The van der Waals surface area contributed by atoms with Gasteiger partial charge in [0.15, 0.2) is 0 Å². The summed E-state index contributed by atoms with van der Waals surface area (Å²) >= 11 is 0. The summed E-state index contributed by atoms with van der Waals surface area (Å²) in [5.74, 6) is 0. The number of hydrogen-bond acceptors (Lipinski definition) is 2. The zero-order valence-corrected chi connectivity index (χ0v) is 4.96. The molecule has 0 spiro atoms. The molecule has 0 unspecified atom stereocenters. The molecule has 3 atom stereocenters. The Balaban J connectivity index is 1.93. The summed E-state index contributed by atoms with van der Waals surface area (Å²) in [5, 5.41) is 0. The average Bonchev–Trinajstić information content (AvgIpc) is 2.43. The summed E-state index contributed by atoms with van der Waals surface area (Å²) in [6, 6.07) is 0. The molecule has 0 aromatic heterocycles. The topological polar surface area (TPSA) is 21.8 Å². The van der Waals surface area contributed by atoms with Crippen molar-refractivity contribution in [2.24, 2.45) is 0 Å². The van der Waals surface area contributed by atoms with Crippen LogP contribution in [0.1, 0.15) is 13.3 Å². The van der Waals surface area contributed by atoms with Crippen LogP contribution in [-0.2, 0) is 9.47 Å². The number of fused-ring (bicyclic) bond motifs is 1. The molecule has 2 saturated heterocycles. The maximum absolute atomic E-state index is 5.31. The van der Waals surface area contributed by atoms with Crippen LogP contribution in [0.4, 0.5) is 0 Å². The van der Waals surface area contributed by atoms with E-state index in [2.05, 4.69) is 6.92 Å². The minimum Gasteiger partial charge on any atom is -0.376 e. The molecule has 2 aliphatic heterocycles. The molecule has 8 heavy (non-hydrogen) atoms. The summed E-state index contributed by atoms with van der Waals surface area (Å²) in [7, 11) is 0. The van der Waals surface area contributed by atoms with Crippen LogP contribution in [0, 0.1) is 0 Å². The minimum absolute atomic E-state index is 0.429. The van der Waals surface area contributed by atoms with Gasteiger partial charge < -0.3 is 9.47 Å². The monoisotopic (exact) mass is 114 g/mol. The van der Waals surface area contributed by atoms with E-state index in [0.29, 0.717) is 18.3 Å². The van der Waals surface area contributed by atoms with E-state index in [1.807, 2.05) is 0 Å². The van der Waals surface area contributed by atoms with Crippen LogP contribution >= 0.6 is 0 Å². The van der Waals surface area contributed by atoms with Crippen LogP contribution in [0.15, 0.2) is 0 Å². The summed E-state index contributed by atoms with van der Waals surface area (Å²) < 4.78 is 10.5. The van der Waals surface area contributed by atoms with Gasteiger partial charge in [-0.25, -0.2) is 0 Å². The third-order valence-corrected chi connectivity index (χ3v) is 1.80. The van der Waals surface area contributed by atoms with Crippen molar-refractivity contribution in [3.05, 3.63) is 0 Å². The highest BCUT2D eigenvalue weighted by atomic mass is 16.6. The summed E-state index contributed by atoms with van der Waals surface area (Å²) in [4.78, 5) is 0. The molecule has 0 bridgehead atoms. The van der Waals surface area contributed by atoms with Crippen LogP contribution in [0.3, 0.4) is 0 Å². The SMILES string of the molecule is C[C@@H]1C[C@@H]2O[C@@H]2CO1. The lowest BCUT2D eigenvalue weighted by Crippen LogP contribution is -2.21. The molecule has 0 aliphatic carbocycles. The van der Waals surface area contributed by atoms with Crippen LogP contribution < -0.4 is 0 Å². The van der Waals surface area contributed by atoms with Gasteiger partial charge in [0.25, 0.3) is 0 Å². The molecular weight excluding hydrogens is 104 g/mol. The maximum atomic E-state index is 5.31. The van der Waals surface area contributed by atoms with Crippen molar-refractivity contribution in [3.63, 3.8) is 0 Å². The van der Waals surface area contributed by atoms with Gasteiger partial charge in [-0.2, -0.15) is 0 Å². The van der Waals surface area contributed by atoms with E-state index in [1.165, 1.54) is 0 Å². The molecule has 46 valence electrons. The molecule has 2 heterocycles. The Morgan fingerprint density at radius 3 is 2.88 bits per heavy atom. The van der Waals surface area contributed by atoms with Gasteiger partial charge >= 0.3 is 0 Å². The first kappa shape index (κ1) is 4.77. The standard InChI is InChI=1S/C6H10O2/c1-4-2-5-6(8-5)3-7-4/h4-6H,2-3H2,1H3/t4-,5+,6-/m1/s1. The number of ether oxygens (including phenoxy) is 2. The molecule has 0 aromatic carbocycles. The summed E-state index contributed by atoms with van der Waals surface area (Å²) in [6.45, 7) is 2.92. The fraction of sp³-hybridized carbons (Fsp3) is 1.00. The second-order valence-corrected chi connectivity index (χ2v) is 2.59. The van der Waals surface area contributed by atoms with Crippen molar-refractivity contribution in [1.29, 1.82) is 0 Å². The van der Waals surface area contributed by atoms with Crippen molar-refractivity contribution >= 4 is 0 Å². The molecule has 0 N–H and O–H groups in total. The number of epoxide rings is 1. The Kier molecular flexibility index (Phi) is 0.866. The van der Waals surface area contributed by atoms with Gasteiger partial charge in [0.05, 0.1) is 18.8 Å². The second kappa shape index (κ2) is 1.45. The molecule has 2 nitrogen and oxygen atoms in total. The average molecular weight is 114 g/mol. The van der Waals surface area contributed by atoms with Gasteiger partial charge in [0.1, 0.15) is 6.10 Å². The third kappa shape index (κ3) is 0.644. The van der Waals surface area contributed by atoms with Crippen LogP contribution in [-0.4, -0.2) is 24.9 Å². The van der Waals surface area contributed by atoms with Gasteiger partial charge in [-0.15, -0.1) is 0 Å². The third-order valence-electron chi connectivity index (χ3n) is 1.80. The number of rotatable bonds is 0. The van der Waals surface area contributed by atoms with Gasteiger partial charge in [0, 0.05) is 6.42 Å². The molecule has 0 amide bonds. The molecule has 0 radical (unpaired) electrons. The summed E-state index contributed by atoms with van der Waals surface area (Å²) in [5.41, 5.74) is 0. The Hall–Kier alpha value is -0.0800. The highest BCUT2D eigenvalue weighted by Crippen LogP contribution is 2.31. The first-order valence-corrected chi connectivity index (χ1v) is 3.13. The lowest BCUT2D eigenvalue weighted by molar-refractivity contribution is 0.0425. The molecule has 2 rings (SSSR count). The van der Waals surface area contributed by atoms with Crippen molar-refractivity contribution in [2.75, 3.05) is 6.61 Å². The Labute approximate surface area is 48.8 Å². The maximum Gasteiger partial charge on any atom is 0.108 e. The highest BCUT2D eigenvalue weighted by molar-refractivity contribution is 4.89. The van der Waals surface area contributed by atoms with E-state index in [9.17, 15) is 0 Å². The Morgan fingerprint density at radius 1 is 1.38 bits per heavy atom. The lowest BCUT2D eigenvalue weighted by Gasteiger charge is -2.13. The van der Waals surface area contributed by atoms with Crippen LogP contribution in [0.2, 0.25) is 0 Å². The van der Waals surface area contributed by atoms with Crippen molar-refractivity contribution in [3.8, 4) is 0 Å². The van der Waals surface area contributed by atoms with E-state index in [1.54, 1.807) is 0 Å². The van der Waals surface area contributed by atoms with Crippen LogP contribution in [0.25, 0.3) is 0 Å². The Bertz CT molecular complexity index is 103. The zero-order chi connectivity index (χ0) is 5.56. The van der Waals surface area contributed by atoms with E-state index in [4.69, 9.17) is 9.47 Å². The van der Waals surface area contributed by atoms with Gasteiger partial charge in [-0.1, -0.05) is 0 Å². The molecule has 2 aliphatic rings. The van der Waals surface area contributed by atoms with Crippen LogP contribution in [0.5, 0.6) is 0 Å². The fourth-order valence-corrected chi connectivity index (χ4v) is 1.19. The minimum atomic E-state index is 0.429. The van der Waals surface area contributed by atoms with Crippen molar-refractivity contribution in [1.82, 2.24) is 0 Å². The number of hydrogen-bond donors (Lipinski definition) is 0. The quantitative estimate of drug-likeness (QED) is 0.429. The largest absolute Gasteiger partial charge is 0.376 e. The van der Waals surface area contributed by atoms with Crippen molar-refractivity contribution in [2.45, 2.75) is 31.7 Å². The van der Waals surface area contributed by atoms with Gasteiger partial charge in [0.2, 0.25) is 0 Å². The van der Waals surface area contributed by atoms with Gasteiger partial charge in [-0.05, 0) is 6.92 Å². The second-order valence-electron chi connectivity index (χ2n) is 2.59. The molecular formula is C6H10O2. The molecule has 2 heteroatoms. The Morgan fingerprint density at radius 2 is 2.25 bits per heavy atom. The molecule has 0 aromatic rings. The highest BCUT2D eigenvalue weighted by Gasteiger charge is 2.43. The predicted molar refractivity (Wildman–Crippen MR) is 28.7 cm³/mol. The van der Waals surface area contributed by atoms with E-state index in [0.717, 1.165) is 13.0 Å². The zero-order valence-electron chi connectivity index (χ0n) is 4.96. The first-order valence-electron chi connectivity index (χ1n) is 3.13. The van der Waals surface area contributed by atoms with E-state index in [-0.39, 0.29) is 0 Å². The summed E-state index contributed by atoms with van der Waals surface area (Å²) in [6.07, 6.45) is 2.55. The molecule has 2 fully saturated rings. The smallest absolute Gasteiger partial charge is 0.108 e. The van der Waals surface area contributed by atoms with Gasteiger partial charge in [-0.3, -0.25) is 0 Å². The van der Waals surface area contributed by atoms with E-state index >= 15 is 0 Å².